The number of hydrogen-bond acceptors (Lipinski definition) is 2. The topological polar surface area (TPSA) is 26.3 Å². The number of Topliss-reactive ketones (excluding diaryl/α,β-unsaturated/α-hetero) is 1. The summed E-state index contributed by atoms with van der Waals surface area (Å²) in [7, 11) is 0. The van der Waals surface area contributed by atoms with Crippen molar-refractivity contribution in [1.29, 1.82) is 0 Å². The second kappa shape index (κ2) is 5.25. The van der Waals surface area contributed by atoms with Crippen molar-refractivity contribution in [3.63, 3.8) is 0 Å². The van der Waals surface area contributed by atoms with Crippen LogP contribution in [0.15, 0.2) is 42.5 Å². The molecule has 1 aliphatic heterocycles. The Bertz CT molecular complexity index is 669. The molecule has 0 fully saturated rings. The van der Waals surface area contributed by atoms with Crippen LogP contribution in [0.1, 0.15) is 17.0 Å². The molecular formula is C16H12ClFO2. The number of rotatable bonds is 3. The van der Waals surface area contributed by atoms with E-state index in [1.807, 2.05) is 24.3 Å². The van der Waals surface area contributed by atoms with Crippen LogP contribution in [0.2, 0.25) is 5.02 Å². The van der Waals surface area contributed by atoms with Gasteiger partial charge in [-0.25, -0.2) is 4.39 Å². The first kappa shape index (κ1) is 13.1. The molecule has 0 saturated heterocycles. The van der Waals surface area contributed by atoms with Crippen LogP contribution in [-0.2, 0) is 11.2 Å². The van der Waals surface area contributed by atoms with Crippen molar-refractivity contribution in [3.05, 3.63) is 64.4 Å². The van der Waals surface area contributed by atoms with Crippen LogP contribution < -0.4 is 4.74 Å². The van der Waals surface area contributed by atoms with Crippen molar-refractivity contribution in [2.45, 2.75) is 12.3 Å². The number of para-hydroxylation sites is 1. The van der Waals surface area contributed by atoms with Crippen molar-refractivity contribution >= 4 is 17.4 Å². The third-order valence-corrected chi connectivity index (χ3v) is 3.70. The van der Waals surface area contributed by atoms with Gasteiger partial charge in [0.05, 0.1) is 5.92 Å². The van der Waals surface area contributed by atoms with Crippen LogP contribution in [0.5, 0.6) is 5.75 Å². The highest BCUT2D eigenvalue weighted by Gasteiger charge is 2.30. The predicted molar refractivity (Wildman–Crippen MR) is 74.8 cm³/mol. The van der Waals surface area contributed by atoms with Gasteiger partial charge in [0.25, 0.3) is 0 Å². The molecule has 102 valence electrons. The summed E-state index contributed by atoms with van der Waals surface area (Å²) in [4.78, 5) is 12.4. The molecule has 0 radical (unpaired) electrons. The van der Waals surface area contributed by atoms with E-state index in [-0.39, 0.29) is 18.1 Å². The first-order valence-electron chi connectivity index (χ1n) is 6.33. The van der Waals surface area contributed by atoms with Gasteiger partial charge in [-0.3, -0.25) is 4.79 Å². The second-order valence-electron chi connectivity index (χ2n) is 4.78. The first-order valence-corrected chi connectivity index (χ1v) is 6.71. The minimum Gasteiger partial charge on any atom is -0.492 e. The standard InChI is InChI=1S/C16H12ClFO2/c17-11-5-6-14(18)10(7-11)8-15(19)13-9-20-16-4-2-1-3-12(13)16/h1-7,13H,8-9H2. The molecule has 2 aromatic carbocycles. The first-order chi connectivity index (χ1) is 9.65. The Morgan fingerprint density at radius 2 is 2.10 bits per heavy atom. The summed E-state index contributed by atoms with van der Waals surface area (Å²) in [6.07, 6.45) is 0.0226. The zero-order valence-corrected chi connectivity index (χ0v) is 11.4. The lowest BCUT2D eigenvalue weighted by Gasteiger charge is -2.09. The van der Waals surface area contributed by atoms with Gasteiger partial charge in [-0.05, 0) is 29.8 Å². The molecule has 0 N–H and O–H groups in total. The van der Waals surface area contributed by atoms with Gasteiger partial charge in [0.1, 0.15) is 24.0 Å². The molecule has 4 heteroatoms. The van der Waals surface area contributed by atoms with E-state index < -0.39 is 5.82 Å². The van der Waals surface area contributed by atoms with E-state index in [4.69, 9.17) is 16.3 Å². The third kappa shape index (κ3) is 2.41. The van der Waals surface area contributed by atoms with Crippen LogP contribution in [-0.4, -0.2) is 12.4 Å². The summed E-state index contributed by atoms with van der Waals surface area (Å²) in [5, 5.41) is 0.428. The number of hydrogen-bond donors (Lipinski definition) is 0. The van der Waals surface area contributed by atoms with Gasteiger partial charge in [0.2, 0.25) is 0 Å². The van der Waals surface area contributed by atoms with Crippen molar-refractivity contribution in [2.75, 3.05) is 6.61 Å². The van der Waals surface area contributed by atoms with E-state index in [2.05, 4.69) is 0 Å². The van der Waals surface area contributed by atoms with E-state index in [1.165, 1.54) is 18.2 Å². The van der Waals surface area contributed by atoms with Crippen LogP contribution in [0.3, 0.4) is 0 Å². The van der Waals surface area contributed by atoms with E-state index >= 15 is 0 Å². The number of halogens is 2. The quantitative estimate of drug-likeness (QED) is 0.860. The Morgan fingerprint density at radius 3 is 2.95 bits per heavy atom. The summed E-state index contributed by atoms with van der Waals surface area (Å²) in [5.74, 6) is -0.0620. The van der Waals surface area contributed by atoms with Crippen molar-refractivity contribution in [3.8, 4) is 5.75 Å². The highest BCUT2D eigenvalue weighted by atomic mass is 35.5. The van der Waals surface area contributed by atoms with Crippen LogP contribution in [0.4, 0.5) is 4.39 Å². The largest absolute Gasteiger partial charge is 0.492 e. The molecule has 0 amide bonds. The zero-order valence-electron chi connectivity index (χ0n) is 10.6. The molecule has 1 unspecified atom stereocenters. The maximum absolute atomic E-state index is 13.7. The molecule has 0 aliphatic carbocycles. The Balaban J connectivity index is 1.83. The number of fused-ring (bicyclic) bond motifs is 1. The molecule has 2 nitrogen and oxygen atoms in total. The predicted octanol–water partition coefficient (Wildman–Crippen LogP) is 3.77. The number of benzene rings is 2. The summed E-state index contributed by atoms with van der Waals surface area (Å²) in [6, 6.07) is 11.7. The summed E-state index contributed by atoms with van der Waals surface area (Å²) < 4.78 is 19.2. The van der Waals surface area contributed by atoms with Crippen molar-refractivity contribution < 1.29 is 13.9 Å². The van der Waals surface area contributed by atoms with Gasteiger partial charge in [-0.2, -0.15) is 0 Å². The van der Waals surface area contributed by atoms with Gasteiger partial charge in [-0.1, -0.05) is 29.8 Å². The highest BCUT2D eigenvalue weighted by Crippen LogP contribution is 2.34. The molecule has 1 heterocycles. The molecule has 0 spiro atoms. The van der Waals surface area contributed by atoms with Crippen molar-refractivity contribution in [1.82, 2.24) is 0 Å². The monoisotopic (exact) mass is 290 g/mol. The fourth-order valence-corrected chi connectivity index (χ4v) is 2.61. The lowest BCUT2D eigenvalue weighted by Crippen LogP contribution is -2.17. The van der Waals surface area contributed by atoms with Gasteiger partial charge >= 0.3 is 0 Å². The van der Waals surface area contributed by atoms with Crippen LogP contribution >= 0.6 is 11.6 Å². The van der Waals surface area contributed by atoms with Gasteiger partial charge in [0.15, 0.2) is 0 Å². The number of carbonyl (C=O) groups is 1. The maximum Gasteiger partial charge on any atom is 0.148 e. The molecule has 1 aliphatic rings. The highest BCUT2D eigenvalue weighted by molar-refractivity contribution is 6.30. The summed E-state index contributed by atoms with van der Waals surface area (Å²) in [5.41, 5.74) is 1.20. The number of ether oxygens (including phenoxy) is 1. The molecule has 20 heavy (non-hydrogen) atoms. The fourth-order valence-electron chi connectivity index (χ4n) is 2.42. The lowest BCUT2D eigenvalue weighted by atomic mass is 9.92. The zero-order chi connectivity index (χ0) is 14.1. The van der Waals surface area contributed by atoms with E-state index in [0.29, 0.717) is 17.2 Å². The Labute approximate surface area is 121 Å². The van der Waals surface area contributed by atoms with E-state index in [1.54, 1.807) is 0 Å². The summed E-state index contributed by atoms with van der Waals surface area (Å²) in [6.45, 7) is 0.320. The molecule has 0 bridgehead atoms. The van der Waals surface area contributed by atoms with Gasteiger partial charge in [-0.15, -0.1) is 0 Å². The van der Waals surface area contributed by atoms with Crippen LogP contribution in [0.25, 0.3) is 0 Å². The lowest BCUT2D eigenvalue weighted by molar-refractivity contribution is -0.120. The average molecular weight is 291 g/mol. The van der Waals surface area contributed by atoms with Gasteiger partial charge in [0, 0.05) is 17.0 Å². The molecule has 0 saturated carbocycles. The van der Waals surface area contributed by atoms with E-state index in [9.17, 15) is 9.18 Å². The minimum atomic E-state index is -0.407. The van der Waals surface area contributed by atoms with Gasteiger partial charge < -0.3 is 4.74 Å². The van der Waals surface area contributed by atoms with Crippen LogP contribution in [0, 0.1) is 5.82 Å². The second-order valence-corrected chi connectivity index (χ2v) is 5.22. The van der Waals surface area contributed by atoms with E-state index in [0.717, 1.165) is 11.3 Å². The Morgan fingerprint density at radius 1 is 1.30 bits per heavy atom. The average Bonchev–Trinajstić information content (AvgIpc) is 2.87. The summed E-state index contributed by atoms with van der Waals surface area (Å²) >= 11 is 5.84. The Hall–Kier alpha value is -1.87. The number of ketones is 1. The smallest absolute Gasteiger partial charge is 0.148 e. The maximum atomic E-state index is 13.7. The fraction of sp³-hybridized carbons (Fsp3) is 0.188. The number of carbonyl (C=O) groups excluding carboxylic acids is 1. The Kier molecular flexibility index (Phi) is 3.45. The molecule has 3 rings (SSSR count). The SMILES string of the molecule is O=C(Cc1cc(Cl)ccc1F)C1COc2ccccc21. The molecule has 1 atom stereocenters. The minimum absolute atomic E-state index is 0.0226. The van der Waals surface area contributed by atoms with Crippen molar-refractivity contribution in [2.24, 2.45) is 0 Å². The normalized spacial score (nSPS) is 16.6. The third-order valence-electron chi connectivity index (χ3n) is 3.46. The molecular weight excluding hydrogens is 279 g/mol. The molecule has 0 aromatic heterocycles. The molecule has 2 aromatic rings.